The summed E-state index contributed by atoms with van der Waals surface area (Å²) in [5.74, 6) is 13.2. The molecule has 4 aromatic carbocycles. The summed E-state index contributed by atoms with van der Waals surface area (Å²) in [5.41, 5.74) is 5.34. The van der Waals surface area contributed by atoms with Crippen molar-refractivity contribution in [3.63, 3.8) is 0 Å². The summed E-state index contributed by atoms with van der Waals surface area (Å²) < 4.78 is 0. The van der Waals surface area contributed by atoms with Crippen LogP contribution in [0.5, 0.6) is 0 Å². The van der Waals surface area contributed by atoms with Gasteiger partial charge >= 0.3 is 0 Å². The number of pyridine rings is 2. The fraction of sp³-hybridized carbons (Fsp3) is 0. The molecule has 0 amide bonds. The van der Waals surface area contributed by atoms with Gasteiger partial charge in [0.05, 0.1) is 11.4 Å². The van der Waals surface area contributed by atoms with Crippen LogP contribution in [0.4, 0.5) is 0 Å². The lowest BCUT2D eigenvalue weighted by Crippen LogP contribution is -1.90. The maximum absolute atomic E-state index is 4.54. The normalized spacial score (nSPS) is 10.3. The van der Waals surface area contributed by atoms with Crippen molar-refractivity contribution in [2.24, 2.45) is 0 Å². The van der Waals surface area contributed by atoms with Crippen molar-refractivity contribution in [3.05, 3.63) is 144 Å². The van der Waals surface area contributed by atoms with Gasteiger partial charge in [0.1, 0.15) is 0 Å². The highest BCUT2D eigenvalue weighted by molar-refractivity contribution is 5.89. The summed E-state index contributed by atoms with van der Waals surface area (Å²) in [7, 11) is 0. The number of nitrogens with zero attached hydrogens (tertiary/aromatic N) is 2. The summed E-state index contributed by atoms with van der Waals surface area (Å²) in [6.45, 7) is 0. The lowest BCUT2D eigenvalue weighted by molar-refractivity contribution is 1.24. The van der Waals surface area contributed by atoms with Gasteiger partial charge in [-0.15, -0.1) is 0 Å². The van der Waals surface area contributed by atoms with E-state index < -0.39 is 0 Å². The Kier molecular flexibility index (Phi) is 5.69. The highest BCUT2D eigenvalue weighted by Crippen LogP contribution is 2.20. The molecule has 0 N–H and O–H groups in total. The van der Waals surface area contributed by atoms with Crippen molar-refractivity contribution in [3.8, 4) is 35.1 Å². The van der Waals surface area contributed by atoms with E-state index in [1.165, 1.54) is 10.8 Å². The average molecular weight is 457 g/mol. The fourth-order valence-electron chi connectivity index (χ4n) is 4.24. The molecule has 0 fully saturated rings. The predicted molar refractivity (Wildman–Crippen MR) is 147 cm³/mol. The second-order valence-corrected chi connectivity index (χ2v) is 8.41. The minimum absolute atomic E-state index is 0.772. The molecule has 0 saturated heterocycles. The summed E-state index contributed by atoms with van der Waals surface area (Å²) in [6.07, 6.45) is 3.55. The number of fused-ring (bicyclic) bond motifs is 2. The summed E-state index contributed by atoms with van der Waals surface area (Å²) in [5, 5.41) is 4.68. The van der Waals surface area contributed by atoms with Crippen molar-refractivity contribution in [1.29, 1.82) is 0 Å². The Morgan fingerprint density at radius 1 is 0.417 bits per heavy atom. The molecule has 36 heavy (non-hydrogen) atoms. The van der Waals surface area contributed by atoms with Crippen LogP contribution in [0.2, 0.25) is 0 Å². The molecule has 2 heterocycles. The van der Waals surface area contributed by atoms with Gasteiger partial charge in [-0.05, 0) is 57.9 Å². The van der Waals surface area contributed by atoms with Crippen molar-refractivity contribution in [1.82, 2.24) is 9.97 Å². The molecule has 2 nitrogen and oxygen atoms in total. The van der Waals surface area contributed by atoms with Gasteiger partial charge in [0, 0.05) is 34.6 Å². The van der Waals surface area contributed by atoms with E-state index in [0.717, 1.165) is 44.4 Å². The summed E-state index contributed by atoms with van der Waals surface area (Å²) >= 11 is 0. The zero-order chi connectivity index (χ0) is 24.2. The zero-order valence-electron chi connectivity index (χ0n) is 19.4. The second-order valence-electron chi connectivity index (χ2n) is 8.41. The van der Waals surface area contributed by atoms with E-state index >= 15 is 0 Å². The number of benzene rings is 4. The highest BCUT2D eigenvalue weighted by atomic mass is 14.8. The third-order valence-electron chi connectivity index (χ3n) is 6.04. The Morgan fingerprint density at radius 2 is 0.861 bits per heavy atom. The molecule has 0 aliphatic carbocycles. The minimum Gasteiger partial charge on any atom is -0.255 e. The molecule has 2 aromatic heterocycles. The molecule has 0 atom stereocenters. The van der Waals surface area contributed by atoms with E-state index in [1.54, 1.807) is 12.4 Å². The third-order valence-corrected chi connectivity index (χ3v) is 6.04. The maximum Gasteiger partial charge on any atom is 0.0898 e. The maximum atomic E-state index is 4.54. The highest BCUT2D eigenvalue weighted by Gasteiger charge is 2.03. The van der Waals surface area contributed by atoms with Gasteiger partial charge in [0.2, 0.25) is 0 Å². The van der Waals surface area contributed by atoms with Gasteiger partial charge in [0.25, 0.3) is 0 Å². The molecule has 166 valence electrons. The van der Waals surface area contributed by atoms with Crippen molar-refractivity contribution in [2.45, 2.75) is 0 Å². The van der Waals surface area contributed by atoms with Gasteiger partial charge in [-0.25, -0.2) is 0 Å². The van der Waals surface area contributed by atoms with E-state index in [2.05, 4.69) is 82.2 Å². The SMILES string of the molecule is C(#Cc1cccc2ccccc12)c1ccnc(-c2cc(C#Cc3cccc4ccccc34)ccn2)c1. The van der Waals surface area contributed by atoms with Gasteiger partial charge < -0.3 is 0 Å². The minimum atomic E-state index is 0.772. The molecule has 0 spiro atoms. The first kappa shape index (κ1) is 21.4. The molecule has 0 aliphatic rings. The van der Waals surface area contributed by atoms with Crippen LogP contribution >= 0.6 is 0 Å². The van der Waals surface area contributed by atoms with E-state index in [9.17, 15) is 0 Å². The molecular formula is C34H20N2. The van der Waals surface area contributed by atoms with E-state index in [1.807, 2.05) is 60.7 Å². The molecular weight excluding hydrogens is 436 g/mol. The van der Waals surface area contributed by atoms with E-state index in [-0.39, 0.29) is 0 Å². The molecule has 0 radical (unpaired) electrons. The first-order valence-electron chi connectivity index (χ1n) is 11.8. The Morgan fingerprint density at radius 3 is 1.36 bits per heavy atom. The van der Waals surface area contributed by atoms with Gasteiger partial charge in [-0.2, -0.15) is 0 Å². The van der Waals surface area contributed by atoms with Crippen LogP contribution in [0.15, 0.2) is 122 Å². The molecule has 0 aliphatic heterocycles. The van der Waals surface area contributed by atoms with Crippen LogP contribution in [-0.4, -0.2) is 9.97 Å². The van der Waals surface area contributed by atoms with Crippen LogP contribution < -0.4 is 0 Å². The average Bonchev–Trinajstić information content (AvgIpc) is 2.95. The number of aromatic nitrogens is 2. The molecule has 6 aromatic rings. The largest absolute Gasteiger partial charge is 0.255 e. The fourth-order valence-corrected chi connectivity index (χ4v) is 4.24. The summed E-state index contributed by atoms with van der Waals surface area (Å²) in [4.78, 5) is 9.07. The van der Waals surface area contributed by atoms with Crippen LogP contribution in [0.25, 0.3) is 32.9 Å². The van der Waals surface area contributed by atoms with Crippen molar-refractivity contribution in [2.75, 3.05) is 0 Å². The zero-order valence-corrected chi connectivity index (χ0v) is 19.4. The van der Waals surface area contributed by atoms with Crippen molar-refractivity contribution < 1.29 is 0 Å². The first-order valence-corrected chi connectivity index (χ1v) is 11.8. The quantitative estimate of drug-likeness (QED) is 0.244. The third kappa shape index (κ3) is 4.45. The monoisotopic (exact) mass is 456 g/mol. The number of hydrogen-bond acceptors (Lipinski definition) is 2. The molecule has 6 rings (SSSR count). The van der Waals surface area contributed by atoms with Gasteiger partial charge in [-0.3, -0.25) is 9.97 Å². The standard InChI is InChI=1S/C34H20N2/c1-3-13-31-27(7-1)9-5-11-29(31)17-15-25-19-21-35-33(23-25)34-24-26(20-22-36-34)16-18-30-12-6-10-28-8-2-4-14-32(28)30/h1-14,19-24H. The Bertz CT molecular complexity index is 1710. The van der Waals surface area contributed by atoms with E-state index in [0.29, 0.717) is 0 Å². The second kappa shape index (κ2) is 9.59. The van der Waals surface area contributed by atoms with Crippen LogP contribution in [0.3, 0.4) is 0 Å². The Balaban J connectivity index is 1.31. The van der Waals surface area contributed by atoms with Gasteiger partial charge in [-0.1, -0.05) is 96.5 Å². The lowest BCUT2D eigenvalue weighted by atomic mass is 10.0. The smallest absolute Gasteiger partial charge is 0.0898 e. The molecule has 0 bridgehead atoms. The molecule has 0 saturated carbocycles. The van der Waals surface area contributed by atoms with Gasteiger partial charge in [0.15, 0.2) is 0 Å². The molecule has 2 heteroatoms. The lowest BCUT2D eigenvalue weighted by Gasteiger charge is -2.02. The number of hydrogen-bond donors (Lipinski definition) is 0. The Hall–Kier alpha value is -5.18. The van der Waals surface area contributed by atoms with E-state index in [4.69, 9.17) is 0 Å². The Labute approximate surface area is 210 Å². The van der Waals surface area contributed by atoms with Crippen LogP contribution in [0, 0.1) is 23.7 Å². The molecule has 0 unspecified atom stereocenters. The predicted octanol–water partition coefficient (Wildman–Crippen LogP) is 7.25. The van der Waals surface area contributed by atoms with Crippen LogP contribution in [0.1, 0.15) is 22.3 Å². The number of rotatable bonds is 1. The summed E-state index contributed by atoms with van der Waals surface area (Å²) in [6, 6.07) is 36.8. The van der Waals surface area contributed by atoms with Crippen molar-refractivity contribution >= 4 is 21.5 Å². The first-order chi connectivity index (χ1) is 17.8. The topological polar surface area (TPSA) is 25.8 Å². The van der Waals surface area contributed by atoms with Crippen LogP contribution in [-0.2, 0) is 0 Å².